The Balaban J connectivity index is 1.80. The third-order valence-electron chi connectivity index (χ3n) is 3.45. The van der Waals surface area contributed by atoms with Crippen molar-refractivity contribution >= 4 is 0 Å². The molecular weight excluding hydrogens is 210 g/mol. The standard InChI is InChI=1S/C14H17N3/c1-2-8-15-14(3-1)12-6-4-11(5-7-12)13-9-16-17-10-13/h4-7,9-10,14-15H,1-3,8H2,(H,16,17)/t14-/m0/s1. The molecule has 1 aromatic heterocycles. The number of nitrogens with zero attached hydrogens (tertiary/aromatic N) is 1. The Morgan fingerprint density at radius 2 is 1.94 bits per heavy atom. The molecule has 1 aliphatic heterocycles. The smallest absolute Gasteiger partial charge is 0.0565 e. The number of piperidine rings is 1. The van der Waals surface area contributed by atoms with Crippen molar-refractivity contribution in [3.8, 4) is 11.1 Å². The molecule has 1 atom stereocenters. The molecule has 0 unspecified atom stereocenters. The van der Waals surface area contributed by atoms with Crippen molar-refractivity contribution in [3.63, 3.8) is 0 Å². The van der Waals surface area contributed by atoms with Crippen LogP contribution in [0.2, 0.25) is 0 Å². The van der Waals surface area contributed by atoms with E-state index in [-0.39, 0.29) is 0 Å². The van der Waals surface area contributed by atoms with Gasteiger partial charge in [0.2, 0.25) is 0 Å². The van der Waals surface area contributed by atoms with Gasteiger partial charge in [0.05, 0.1) is 6.20 Å². The van der Waals surface area contributed by atoms with Gasteiger partial charge in [0.15, 0.2) is 0 Å². The van der Waals surface area contributed by atoms with Crippen LogP contribution < -0.4 is 5.32 Å². The zero-order valence-corrected chi connectivity index (χ0v) is 9.82. The van der Waals surface area contributed by atoms with E-state index >= 15 is 0 Å². The summed E-state index contributed by atoms with van der Waals surface area (Å²) >= 11 is 0. The first-order valence-electron chi connectivity index (χ1n) is 6.26. The maximum absolute atomic E-state index is 3.97. The highest BCUT2D eigenvalue weighted by molar-refractivity contribution is 5.61. The predicted molar refractivity (Wildman–Crippen MR) is 68.6 cm³/mol. The maximum Gasteiger partial charge on any atom is 0.0565 e. The van der Waals surface area contributed by atoms with Crippen LogP contribution in [0, 0.1) is 0 Å². The Morgan fingerprint density at radius 1 is 1.06 bits per heavy atom. The van der Waals surface area contributed by atoms with Gasteiger partial charge in [0, 0.05) is 17.8 Å². The summed E-state index contributed by atoms with van der Waals surface area (Å²) < 4.78 is 0. The molecule has 1 fully saturated rings. The number of benzene rings is 1. The fourth-order valence-corrected chi connectivity index (χ4v) is 2.45. The molecule has 17 heavy (non-hydrogen) atoms. The van der Waals surface area contributed by atoms with Gasteiger partial charge < -0.3 is 5.32 Å². The van der Waals surface area contributed by atoms with E-state index < -0.39 is 0 Å². The van der Waals surface area contributed by atoms with Gasteiger partial charge in [-0.3, -0.25) is 5.10 Å². The molecule has 0 saturated carbocycles. The van der Waals surface area contributed by atoms with Gasteiger partial charge >= 0.3 is 0 Å². The Hall–Kier alpha value is -1.61. The number of H-pyrrole nitrogens is 1. The SMILES string of the molecule is c1cc([C@@H]2CCCCN2)ccc1-c1cn[nH]c1. The van der Waals surface area contributed by atoms with Crippen LogP contribution in [-0.2, 0) is 0 Å². The topological polar surface area (TPSA) is 40.7 Å². The zero-order valence-electron chi connectivity index (χ0n) is 9.82. The van der Waals surface area contributed by atoms with E-state index in [1.54, 1.807) is 0 Å². The summed E-state index contributed by atoms with van der Waals surface area (Å²) in [5, 5.41) is 10.4. The monoisotopic (exact) mass is 227 g/mol. The lowest BCUT2D eigenvalue weighted by Crippen LogP contribution is -2.26. The van der Waals surface area contributed by atoms with Gasteiger partial charge in [-0.25, -0.2) is 0 Å². The first kappa shape index (κ1) is 10.5. The first-order valence-corrected chi connectivity index (χ1v) is 6.26. The van der Waals surface area contributed by atoms with E-state index in [4.69, 9.17) is 0 Å². The zero-order chi connectivity index (χ0) is 11.5. The second kappa shape index (κ2) is 4.72. The van der Waals surface area contributed by atoms with Crippen molar-refractivity contribution < 1.29 is 0 Å². The second-order valence-corrected chi connectivity index (χ2v) is 4.61. The van der Waals surface area contributed by atoms with Gasteiger partial charge in [-0.05, 0) is 30.5 Å². The van der Waals surface area contributed by atoms with Gasteiger partial charge in [0.25, 0.3) is 0 Å². The van der Waals surface area contributed by atoms with Crippen molar-refractivity contribution in [1.29, 1.82) is 0 Å². The highest BCUT2D eigenvalue weighted by Crippen LogP contribution is 2.25. The predicted octanol–water partition coefficient (Wildman–Crippen LogP) is 2.89. The van der Waals surface area contributed by atoms with E-state index in [2.05, 4.69) is 39.8 Å². The number of hydrogen-bond acceptors (Lipinski definition) is 2. The molecule has 0 spiro atoms. The minimum atomic E-state index is 0.544. The molecule has 0 radical (unpaired) electrons. The molecule has 3 rings (SSSR count). The van der Waals surface area contributed by atoms with Crippen LogP contribution in [0.5, 0.6) is 0 Å². The molecule has 0 bridgehead atoms. The van der Waals surface area contributed by atoms with Crippen LogP contribution in [0.1, 0.15) is 30.9 Å². The summed E-state index contributed by atoms with van der Waals surface area (Å²) in [6, 6.07) is 9.35. The van der Waals surface area contributed by atoms with Crippen LogP contribution in [0.15, 0.2) is 36.7 Å². The van der Waals surface area contributed by atoms with E-state index in [1.807, 2.05) is 12.4 Å². The molecule has 2 aromatic rings. The first-order chi connectivity index (χ1) is 8.43. The van der Waals surface area contributed by atoms with E-state index in [1.165, 1.54) is 30.4 Å². The van der Waals surface area contributed by atoms with Crippen LogP contribution in [0.4, 0.5) is 0 Å². The summed E-state index contributed by atoms with van der Waals surface area (Å²) in [4.78, 5) is 0. The second-order valence-electron chi connectivity index (χ2n) is 4.61. The van der Waals surface area contributed by atoms with E-state index in [0.29, 0.717) is 6.04 Å². The highest BCUT2D eigenvalue weighted by atomic mass is 15.1. The largest absolute Gasteiger partial charge is 0.310 e. The van der Waals surface area contributed by atoms with E-state index in [9.17, 15) is 0 Å². The summed E-state index contributed by atoms with van der Waals surface area (Å²) in [7, 11) is 0. The molecular formula is C14H17N3. The molecule has 1 saturated heterocycles. The summed E-state index contributed by atoms with van der Waals surface area (Å²) in [6.07, 6.45) is 7.68. The Morgan fingerprint density at radius 3 is 2.59 bits per heavy atom. The fourth-order valence-electron chi connectivity index (χ4n) is 2.45. The lowest BCUT2D eigenvalue weighted by Gasteiger charge is -2.23. The van der Waals surface area contributed by atoms with Gasteiger partial charge in [0.1, 0.15) is 0 Å². The summed E-state index contributed by atoms with van der Waals surface area (Å²) in [5.41, 5.74) is 3.77. The number of hydrogen-bond donors (Lipinski definition) is 2. The lowest BCUT2D eigenvalue weighted by molar-refractivity contribution is 0.412. The number of aromatic amines is 1. The fraction of sp³-hybridized carbons (Fsp3) is 0.357. The van der Waals surface area contributed by atoms with Crippen molar-refractivity contribution in [3.05, 3.63) is 42.2 Å². The third-order valence-corrected chi connectivity index (χ3v) is 3.45. The molecule has 3 heteroatoms. The number of nitrogens with one attached hydrogen (secondary N) is 2. The minimum absolute atomic E-state index is 0.544. The summed E-state index contributed by atoms with van der Waals surface area (Å²) in [6.45, 7) is 1.15. The molecule has 88 valence electrons. The number of rotatable bonds is 2. The molecule has 0 amide bonds. The number of aromatic nitrogens is 2. The molecule has 0 aliphatic carbocycles. The minimum Gasteiger partial charge on any atom is -0.310 e. The summed E-state index contributed by atoms with van der Waals surface area (Å²) in [5.74, 6) is 0. The van der Waals surface area contributed by atoms with Gasteiger partial charge in [-0.1, -0.05) is 30.7 Å². The van der Waals surface area contributed by atoms with Crippen molar-refractivity contribution in [2.45, 2.75) is 25.3 Å². The van der Waals surface area contributed by atoms with Gasteiger partial charge in [-0.15, -0.1) is 0 Å². The van der Waals surface area contributed by atoms with Crippen LogP contribution in [0.3, 0.4) is 0 Å². The van der Waals surface area contributed by atoms with Gasteiger partial charge in [-0.2, -0.15) is 5.10 Å². The van der Waals surface area contributed by atoms with Crippen LogP contribution >= 0.6 is 0 Å². The lowest BCUT2D eigenvalue weighted by atomic mass is 9.96. The van der Waals surface area contributed by atoms with Crippen molar-refractivity contribution in [2.24, 2.45) is 0 Å². The Labute approximate surface area is 101 Å². The average Bonchev–Trinajstić information content (AvgIpc) is 2.94. The van der Waals surface area contributed by atoms with E-state index in [0.717, 1.165) is 12.1 Å². The van der Waals surface area contributed by atoms with Crippen molar-refractivity contribution in [2.75, 3.05) is 6.54 Å². The quantitative estimate of drug-likeness (QED) is 0.828. The van der Waals surface area contributed by atoms with Crippen molar-refractivity contribution in [1.82, 2.24) is 15.5 Å². The van der Waals surface area contributed by atoms with Crippen LogP contribution in [-0.4, -0.2) is 16.7 Å². The molecule has 2 N–H and O–H groups in total. The maximum atomic E-state index is 3.97. The molecule has 1 aromatic carbocycles. The highest BCUT2D eigenvalue weighted by Gasteiger charge is 2.14. The normalized spacial score (nSPS) is 20.4. The Kier molecular flexibility index (Phi) is 2.92. The third kappa shape index (κ3) is 2.24. The molecule has 3 nitrogen and oxygen atoms in total. The average molecular weight is 227 g/mol. The molecule has 2 heterocycles. The molecule has 1 aliphatic rings. The Bertz CT molecular complexity index is 453. The van der Waals surface area contributed by atoms with Crippen LogP contribution in [0.25, 0.3) is 11.1 Å².